The molecule has 3 heteroatoms. The van der Waals surface area contributed by atoms with Gasteiger partial charge in [0.2, 0.25) is 5.91 Å². The molecule has 2 aromatic rings. The van der Waals surface area contributed by atoms with Gasteiger partial charge in [0.1, 0.15) is 0 Å². The molecule has 114 valence electrons. The third-order valence-corrected chi connectivity index (χ3v) is 4.64. The van der Waals surface area contributed by atoms with Gasteiger partial charge in [0.15, 0.2) is 0 Å². The van der Waals surface area contributed by atoms with Gasteiger partial charge < -0.3 is 10.6 Å². The average Bonchev–Trinajstić information content (AvgIpc) is 2.78. The summed E-state index contributed by atoms with van der Waals surface area (Å²) in [5.41, 5.74) is 12.0. The zero-order valence-corrected chi connectivity index (χ0v) is 13.3. The van der Waals surface area contributed by atoms with E-state index in [0.29, 0.717) is 6.54 Å². The first-order valence-corrected chi connectivity index (χ1v) is 7.81. The molecule has 2 unspecified atom stereocenters. The summed E-state index contributed by atoms with van der Waals surface area (Å²) in [6.07, 6.45) is 0. The second-order valence-electron chi connectivity index (χ2n) is 5.96. The van der Waals surface area contributed by atoms with Crippen molar-refractivity contribution in [2.24, 2.45) is 5.73 Å². The van der Waals surface area contributed by atoms with Crippen LogP contribution in [0.25, 0.3) is 0 Å². The van der Waals surface area contributed by atoms with E-state index >= 15 is 0 Å². The molecule has 1 heterocycles. The third-order valence-electron chi connectivity index (χ3n) is 4.64. The minimum atomic E-state index is -0.163. The van der Waals surface area contributed by atoms with Gasteiger partial charge in [-0.25, -0.2) is 0 Å². The highest BCUT2D eigenvalue weighted by Crippen LogP contribution is 2.38. The summed E-state index contributed by atoms with van der Waals surface area (Å²) < 4.78 is 0. The highest BCUT2D eigenvalue weighted by atomic mass is 16.2. The number of benzene rings is 2. The Kier molecular flexibility index (Phi) is 3.75. The molecule has 0 spiro atoms. The molecule has 0 aliphatic carbocycles. The fourth-order valence-electron chi connectivity index (χ4n) is 3.29. The van der Waals surface area contributed by atoms with E-state index in [1.165, 1.54) is 5.56 Å². The molecule has 1 aliphatic rings. The second kappa shape index (κ2) is 5.58. The van der Waals surface area contributed by atoms with E-state index in [1.54, 1.807) is 0 Å². The van der Waals surface area contributed by atoms with Crippen LogP contribution in [0.3, 0.4) is 0 Å². The molecule has 0 aromatic heterocycles. The van der Waals surface area contributed by atoms with Crippen molar-refractivity contribution in [3.8, 4) is 0 Å². The van der Waals surface area contributed by atoms with Crippen molar-refractivity contribution in [1.29, 1.82) is 0 Å². The molecule has 2 aromatic carbocycles. The number of nitrogens with two attached hydrogens (primary N) is 1. The van der Waals surface area contributed by atoms with Gasteiger partial charge in [0.05, 0.1) is 12.0 Å². The maximum Gasteiger partial charge on any atom is 0.234 e. The molecule has 22 heavy (non-hydrogen) atoms. The van der Waals surface area contributed by atoms with Crippen LogP contribution in [-0.4, -0.2) is 12.5 Å². The van der Waals surface area contributed by atoms with Gasteiger partial charge in [0.25, 0.3) is 0 Å². The molecular formula is C19H22N2O. The predicted octanol–water partition coefficient (Wildman–Crippen LogP) is 3.51. The van der Waals surface area contributed by atoms with Gasteiger partial charge in [-0.2, -0.15) is 0 Å². The lowest BCUT2D eigenvalue weighted by Crippen LogP contribution is -2.27. The average molecular weight is 294 g/mol. The van der Waals surface area contributed by atoms with Crippen LogP contribution in [0.4, 0.5) is 5.69 Å². The number of rotatable bonds is 3. The predicted molar refractivity (Wildman–Crippen MR) is 90.1 cm³/mol. The zero-order valence-electron chi connectivity index (χ0n) is 13.3. The number of likely N-dealkylation sites (N-methyl/N-ethyl adjacent to an activating group) is 1. The first-order chi connectivity index (χ1) is 10.5. The van der Waals surface area contributed by atoms with E-state index in [-0.39, 0.29) is 17.9 Å². The number of hydrogen-bond donors (Lipinski definition) is 1. The number of carbonyl (C=O) groups is 1. The lowest BCUT2D eigenvalue weighted by molar-refractivity contribution is -0.118. The molecule has 1 aliphatic heterocycles. The van der Waals surface area contributed by atoms with Crippen molar-refractivity contribution in [3.05, 3.63) is 64.7 Å². The van der Waals surface area contributed by atoms with Gasteiger partial charge in [-0.05, 0) is 49.1 Å². The first-order valence-electron chi connectivity index (χ1n) is 7.81. The zero-order chi connectivity index (χ0) is 15.9. The van der Waals surface area contributed by atoms with Crippen LogP contribution >= 0.6 is 0 Å². The van der Waals surface area contributed by atoms with Crippen LogP contribution in [0.1, 0.15) is 48.1 Å². The van der Waals surface area contributed by atoms with Crippen molar-refractivity contribution in [3.63, 3.8) is 0 Å². The summed E-state index contributed by atoms with van der Waals surface area (Å²) in [6, 6.07) is 14.2. The van der Waals surface area contributed by atoms with Gasteiger partial charge >= 0.3 is 0 Å². The number of anilines is 1. The van der Waals surface area contributed by atoms with Gasteiger partial charge in [-0.15, -0.1) is 0 Å². The number of nitrogens with zero attached hydrogens (tertiary/aromatic N) is 1. The quantitative estimate of drug-likeness (QED) is 0.941. The summed E-state index contributed by atoms with van der Waals surface area (Å²) in [5.74, 6) is 0.0954. The number of aryl methyl sites for hydroxylation is 1. The van der Waals surface area contributed by atoms with Gasteiger partial charge in [0, 0.05) is 12.2 Å². The summed E-state index contributed by atoms with van der Waals surface area (Å²) in [4.78, 5) is 14.1. The number of fused-ring (bicyclic) bond motifs is 1. The maximum absolute atomic E-state index is 12.3. The van der Waals surface area contributed by atoms with E-state index < -0.39 is 0 Å². The topological polar surface area (TPSA) is 46.3 Å². The fraction of sp³-hybridized carbons (Fsp3) is 0.316. The van der Waals surface area contributed by atoms with Crippen LogP contribution in [0, 0.1) is 6.92 Å². The standard InChI is InChI=1S/C19H22N2O/c1-4-21-17-10-9-14(11-16(17)13(3)19(21)22)18(20)15-8-6-5-7-12(15)2/h5-11,13,18H,4,20H2,1-3H3. The maximum atomic E-state index is 12.3. The Bertz CT molecular complexity index is 723. The van der Waals surface area contributed by atoms with E-state index in [4.69, 9.17) is 5.73 Å². The summed E-state index contributed by atoms with van der Waals surface area (Å²) in [5, 5.41) is 0. The van der Waals surface area contributed by atoms with E-state index in [9.17, 15) is 4.79 Å². The van der Waals surface area contributed by atoms with Crippen molar-refractivity contribution in [2.75, 3.05) is 11.4 Å². The molecule has 3 nitrogen and oxygen atoms in total. The first kappa shape index (κ1) is 14.8. The lowest BCUT2D eigenvalue weighted by atomic mass is 9.92. The van der Waals surface area contributed by atoms with Gasteiger partial charge in [-0.1, -0.05) is 36.4 Å². The lowest BCUT2D eigenvalue weighted by Gasteiger charge is -2.18. The minimum Gasteiger partial charge on any atom is -0.320 e. The summed E-state index contributed by atoms with van der Waals surface area (Å²) >= 11 is 0. The Morgan fingerprint density at radius 2 is 1.95 bits per heavy atom. The Hall–Kier alpha value is -2.13. The SMILES string of the molecule is CCN1C(=O)C(C)c2cc(C(N)c3ccccc3C)ccc21. The highest BCUT2D eigenvalue weighted by Gasteiger charge is 2.33. The molecule has 3 rings (SSSR count). The fourth-order valence-corrected chi connectivity index (χ4v) is 3.29. The monoisotopic (exact) mass is 294 g/mol. The van der Waals surface area contributed by atoms with Gasteiger partial charge in [-0.3, -0.25) is 4.79 Å². The minimum absolute atomic E-state index is 0.0843. The second-order valence-corrected chi connectivity index (χ2v) is 5.96. The van der Waals surface area contributed by atoms with Crippen LogP contribution in [0.5, 0.6) is 0 Å². The van der Waals surface area contributed by atoms with Crippen LogP contribution in [0.2, 0.25) is 0 Å². The Labute approximate surface area is 131 Å². The smallest absolute Gasteiger partial charge is 0.234 e. The number of amides is 1. The molecular weight excluding hydrogens is 272 g/mol. The van der Waals surface area contributed by atoms with Crippen molar-refractivity contribution < 1.29 is 4.79 Å². The largest absolute Gasteiger partial charge is 0.320 e. The number of carbonyl (C=O) groups excluding carboxylic acids is 1. The molecule has 0 saturated carbocycles. The third kappa shape index (κ3) is 2.22. The van der Waals surface area contributed by atoms with Crippen molar-refractivity contribution in [2.45, 2.75) is 32.7 Å². The molecule has 1 amide bonds. The molecule has 0 fully saturated rings. The molecule has 0 saturated heterocycles. The Balaban J connectivity index is 2.02. The summed E-state index contributed by atoms with van der Waals surface area (Å²) in [7, 11) is 0. The van der Waals surface area contributed by atoms with E-state index in [1.807, 2.05) is 43.0 Å². The molecule has 0 radical (unpaired) electrons. The van der Waals surface area contributed by atoms with Crippen molar-refractivity contribution >= 4 is 11.6 Å². The van der Waals surface area contributed by atoms with Crippen LogP contribution in [0.15, 0.2) is 42.5 Å². The van der Waals surface area contributed by atoms with E-state index in [0.717, 1.165) is 22.4 Å². The van der Waals surface area contributed by atoms with Crippen molar-refractivity contribution in [1.82, 2.24) is 0 Å². The highest BCUT2D eigenvalue weighted by molar-refractivity contribution is 6.04. The normalized spacial score (nSPS) is 18.5. The van der Waals surface area contributed by atoms with E-state index in [2.05, 4.69) is 25.1 Å². The Morgan fingerprint density at radius 1 is 1.23 bits per heavy atom. The molecule has 0 bridgehead atoms. The Morgan fingerprint density at radius 3 is 2.64 bits per heavy atom. The van der Waals surface area contributed by atoms with Crippen LogP contribution in [-0.2, 0) is 4.79 Å². The summed E-state index contributed by atoms with van der Waals surface area (Å²) in [6.45, 7) is 6.76. The van der Waals surface area contributed by atoms with Crippen LogP contribution < -0.4 is 10.6 Å². The molecule has 2 atom stereocenters. The number of hydrogen-bond acceptors (Lipinski definition) is 2. The molecule has 2 N–H and O–H groups in total.